The largest absolute Gasteiger partial charge is 0.490 e. The Hall–Kier alpha value is -6.38. The number of rotatable bonds is 21. The minimum Gasteiger partial charge on any atom is -0.475 e. The predicted molar refractivity (Wildman–Crippen MR) is 236 cm³/mol. The molecule has 0 saturated carbocycles. The quantitative estimate of drug-likeness (QED) is 0.0717. The van der Waals surface area contributed by atoms with Crippen LogP contribution in [-0.2, 0) is 33.6 Å². The molecule has 4 rings (SSSR count). The molecule has 1 saturated heterocycles. The Morgan fingerprint density at radius 2 is 1.35 bits per heavy atom. The average molecular weight is 931 g/mol. The molecule has 5 atom stereocenters. The third kappa shape index (κ3) is 15.4. The normalized spacial score (nSPS) is 16.0. The van der Waals surface area contributed by atoms with Gasteiger partial charge in [0.2, 0.25) is 35.4 Å². The molecule has 0 radical (unpaired) electrons. The Morgan fingerprint density at radius 1 is 0.773 bits per heavy atom. The molecular formula is C45H61F3N8O10. The molecule has 1 fully saturated rings. The highest BCUT2D eigenvalue weighted by atomic mass is 19.4. The van der Waals surface area contributed by atoms with Gasteiger partial charge in [0, 0.05) is 42.0 Å². The number of carbonyl (C=O) groups excluding carboxylic acids is 8. The summed E-state index contributed by atoms with van der Waals surface area (Å²) in [5.41, 5.74) is 7.62. The maximum absolute atomic E-state index is 13.9. The van der Waals surface area contributed by atoms with Crippen LogP contribution in [0.3, 0.4) is 0 Å². The topological polar surface area (TPSA) is 275 Å². The summed E-state index contributed by atoms with van der Waals surface area (Å²) in [5, 5.41) is 23.9. The minimum absolute atomic E-state index is 0.0163. The third-order valence-corrected chi connectivity index (χ3v) is 10.6. The van der Waals surface area contributed by atoms with E-state index >= 15 is 0 Å². The molecule has 18 nitrogen and oxygen atoms in total. The number of carbonyl (C=O) groups is 9. The molecule has 362 valence electrons. The van der Waals surface area contributed by atoms with Gasteiger partial charge in [-0.2, -0.15) is 13.2 Å². The van der Waals surface area contributed by atoms with Gasteiger partial charge in [-0.3, -0.25) is 38.4 Å². The lowest BCUT2D eigenvalue weighted by Gasteiger charge is -2.29. The van der Waals surface area contributed by atoms with Crippen molar-refractivity contribution in [3.05, 3.63) is 64.7 Å². The van der Waals surface area contributed by atoms with Gasteiger partial charge in [-0.05, 0) is 57.4 Å². The average Bonchev–Trinajstić information content (AvgIpc) is 3.76. The Bertz CT molecular complexity index is 2100. The summed E-state index contributed by atoms with van der Waals surface area (Å²) in [6.45, 7) is 9.63. The summed E-state index contributed by atoms with van der Waals surface area (Å²) in [6.07, 6.45) is -1.43. The van der Waals surface area contributed by atoms with Crippen LogP contribution in [0.1, 0.15) is 118 Å². The number of benzene rings is 2. The lowest BCUT2D eigenvalue weighted by molar-refractivity contribution is -0.192. The smallest absolute Gasteiger partial charge is 0.475 e. The molecule has 0 spiro atoms. The van der Waals surface area contributed by atoms with E-state index in [1.54, 1.807) is 42.5 Å². The van der Waals surface area contributed by atoms with Crippen LogP contribution < -0.4 is 37.6 Å². The fourth-order valence-corrected chi connectivity index (χ4v) is 7.36. The molecule has 66 heavy (non-hydrogen) atoms. The van der Waals surface area contributed by atoms with Gasteiger partial charge in [-0.25, -0.2) is 4.79 Å². The maximum Gasteiger partial charge on any atom is 0.490 e. The van der Waals surface area contributed by atoms with Crippen molar-refractivity contribution < 1.29 is 61.4 Å². The Labute approximate surface area is 381 Å². The molecule has 0 aromatic heterocycles. The van der Waals surface area contributed by atoms with Gasteiger partial charge in [0.1, 0.15) is 24.2 Å². The number of likely N-dealkylation sites (tertiary alicyclic amines) is 1. The second-order valence-electron chi connectivity index (χ2n) is 16.5. The zero-order chi connectivity index (χ0) is 49.3. The number of aliphatic carboxylic acids is 1. The molecule has 9 N–H and O–H groups in total. The second-order valence-corrected chi connectivity index (χ2v) is 16.5. The summed E-state index contributed by atoms with van der Waals surface area (Å²) in [5.74, 6) is -6.07. The highest BCUT2D eigenvalue weighted by molar-refractivity contribution is 6.30. The van der Waals surface area contributed by atoms with Gasteiger partial charge >= 0.3 is 12.1 Å². The second kappa shape index (κ2) is 25.4. The SMILES string of the molecule is CCC[C@H](NC(=O)[C@H](C)N)C(=O)N[C@@H](CCC)C(=O)NCC(=O)N[C@@H](CC(C)C)C(=O)N1CCC[C@H]1C(=O)NCCCNc1cccc2c1C(=O)c1ccccc1C2=O.O=C(O)C(F)(F)F. The Kier molecular flexibility index (Phi) is 20.7. The molecule has 6 amide bonds. The number of carboxylic acid groups (broad SMARTS) is 1. The van der Waals surface area contributed by atoms with Gasteiger partial charge in [-0.15, -0.1) is 0 Å². The van der Waals surface area contributed by atoms with Gasteiger partial charge in [-0.1, -0.05) is 76.9 Å². The van der Waals surface area contributed by atoms with Gasteiger partial charge in [0.05, 0.1) is 18.2 Å². The number of nitrogens with zero attached hydrogens (tertiary/aromatic N) is 1. The van der Waals surface area contributed by atoms with Crippen LogP contribution in [0, 0.1) is 5.92 Å². The zero-order valence-corrected chi connectivity index (χ0v) is 37.8. The monoisotopic (exact) mass is 930 g/mol. The number of hydrogen-bond acceptors (Lipinski definition) is 11. The first kappa shape index (κ1) is 54.0. The molecule has 1 aliphatic heterocycles. The molecular weight excluding hydrogens is 870 g/mol. The third-order valence-electron chi connectivity index (χ3n) is 10.6. The minimum atomic E-state index is -5.08. The number of nitrogens with one attached hydrogen (secondary N) is 6. The van der Waals surface area contributed by atoms with Crippen molar-refractivity contribution in [3.8, 4) is 0 Å². The first-order chi connectivity index (χ1) is 31.1. The zero-order valence-electron chi connectivity index (χ0n) is 37.8. The van der Waals surface area contributed by atoms with Crippen LogP contribution in [0.4, 0.5) is 18.9 Å². The molecule has 2 aromatic carbocycles. The maximum atomic E-state index is 13.9. The first-order valence-electron chi connectivity index (χ1n) is 22.0. The first-order valence-corrected chi connectivity index (χ1v) is 22.0. The number of nitrogens with two attached hydrogens (primary N) is 1. The van der Waals surface area contributed by atoms with Crippen molar-refractivity contribution >= 4 is 58.7 Å². The molecule has 1 heterocycles. The number of carboxylic acids is 1. The van der Waals surface area contributed by atoms with Crippen molar-refractivity contribution in [2.45, 2.75) is 122 Å². The molecule has 21 heteroatoms. The number of anilines is 1. The number of hydrogen-bond donors (Lipinski definition) is 8. The van der Waals surface area contributed by atoms with Crippen LogP contribution >= 0.6 is 0 Å². The van der Waals surface area contributed by atoms with E-state index in [9.17, 15) is 51.5 Å². The molecule has 1 aliphatic carbocycles. The number of alkyl halides is 3. The number of amides is 6. The number of fused-ring (bicyclic) bond motifs is 2. The van der Waals surface area contributed by atoms with Crippen LogP contribution in [0.5, 0.6) is 0 Å². The van der Waals surface area contributed by atoms with Crippen molar-refractivity contribution in [3.63, 3.8) is 0 Å². The van der Waals surface area contributed by atoms with E-state index in [0.717, 1.165) is 0 Å². The summed E-state index contributed by atoms with van der Waals surface area (Å²) < 4.78 is 31.7. The van der Waals surface area contributed by atoms with Gasteiger partial charge in [0.25, 0.3) is 0 Å². The highest BCUT2D eigenvalue weighted by Gasteiger charge is 2.39. The number of halogens is 3. The van der Waals surface area contributed by atoms with E-state index in [1.165, 1.54) is 11.8 Å². The van der Waals surface area contributed by atoms with E-state index in [4.69, 9.17) is 15.6 Å². The Balaban J connectivity index is 0.00000152. The Morgan fingerprint density at radius 3 is 1.92 bits per heavy atom. The van der Waals surface area contributed by atoms with Gasteiger partial charge in [0.15, 0.2) is 11.6 Å². The summed E-state index contributed by atoms with van der Waals surface area (Å²) in [4.78, 5) is 116. The molecule has 0 bridgehead atoms. The lowest BCUT2D eigenvalue weighted by atomic mass is 9.83. The van der Waals surface area contributed by atoms with E-state index in [1.807, 2.05) is 27.7 Å². The van der Waals surface area contributed by atoms with Crippen molar-refractivity contribution in [1.82, 2.24) is 31.5 Å². The van der Waals surface area contributed by atoms with E-state index in [2.05, 4.69) is 31.9 Å². The fourth-order valence-electron chi connectivity index (χ4n) is 7.36. The molecule has 2 aromatic rings. The molecule has 0 unspecified atom stereocenters. The standard InChI is InChI=1S/C43H60N8O8.C2HF3O2/c1-6-13-31(50-41(57)32(14-7-2)49-39(55)26(5)44)40(56)47-24-35(52)48-33(23-25(3)4)43(59)51-22-11-19-34(51)42(58)46-21-12-20-45-30-18-10-17-29-36(30)38(54)28-16-9-8-15-27(28)37(29)53;3-2(4,5)1(6)7/h8-10,15-18,25-26,31-34,45H,6-7,11-14,19-24,44H2,1-5H3,(H,46,58)(H,47,56)(H,48,52)(H,49,55)(H,50,57);(H,6,7)/t26-,31-,32-,33-,34-;/m0./s1. The van der Waals surface area contributed by atoms with E-state index in [-0.39, 0.29) is 35.7 Å². The van der Waals surface area contributed by atoms with Gasteiger partial charge < -0.3 is 47.6 Å². The van der Waals surface area contributed by atoms with Crippen LogP contribution in [0.2, 0.25) is 0 Å². The van der Waals surface area contributed by atoms with Crippen LogP contribution in [0.15, 0.2) is 42.5 Å². The molecule has 2 aliphatic rings. The van der Waals surface area contributed by atoms with Crippen molar-refractivity contribution in [2.24, 2.45) is 11.7 Å². The summed E-state index contributed by atoms with van der Waals surface area (Å²) >= 11 is 0. The summed E-state index contributed by atoms with van der Waals surface area (Å²) in [6, 6.07) is 7.56. The lowest BCUT2D eigenvalue weighted by Crippen LogP contribution is -2.57. The number of ketones is 2. The van der Waals surface area contributed by atoms with Crippen LogP contribution in [0.25, 0.3) is 0 Å². The van der Waals surface area contributed by atoms with Crippen molar-refractivity contribution in [2.75, 3.05) is 31.5 Å². The van der Waals surface area contributed by atoms with E-state index < -0.39 is 72.5 Å². The van der Waals surface area contributed by atoms with E-state index in [0.29, 0.717) is 92.5 Å². The highest BCUT2D eigenvalue weighted by Crippen LogP contribution is 2.32. The fraction of sp³-hybridized carbons (Fsp3) is 0.533. The summed E-state index contributed by atoms with van der Waals surface area (Å²) in [7, 11) is 0. The van der Waals surface area contributed by atoms with Crippen molar-refractivity contribution in [1.29, 1.82) is 0 Å². The predicted octanol–water partition coefficient (Wildman–Crippen LogP) is 2.57. The van der Waals surface area contributed by atoms with Crippen LogP contribution in [-0.4, -0.2) is 126 Å².